The summed E-state index contributed by atoms with van der Waals surface area (Å²) in [6.45, 7) is 1.36. The maximum atomic E-state index is 12.8. The van der Waals surface area contributed by atoms with Crippen LogP contribution in [0.1, 0.15) is 68.1 Å². The van der Waals surface area contributed by atoms with Gasteiger partial charge in [0.05, 0.1) is 46.9 Å². The summed E-state index contributed by atoms with van der Waals surface area (Å²) < 4.78 is 35.5. The van der Waals surface area contributed by atoms with E-state index in [1.54, 1.807) is 20.3 Å². The molecule has 3 aromatic rings. The molecule has 11 heteroatoms. The number of carbonyl (C=O) groups excluding carboxylic acids is 2. The minimum absolute atomic E-state index is 0.0513. The van der Waals surface area contributed by atoms with Crippen LogP contribution in [-0.2, 0) is 34.1 Å². The van der Waals surface area contributed by atoms with Crippen molar-refractivity contribution in [3.8, 4) is 23.3 Å². The summed E-state index contributed by atoms with van der Waals surface area (Å²) in [6, 6.07) is 24.9. The van der Waals surface area contributed by atoms with Gasteiger partial charge in [-0.1, -0.05) is 60.7 Å². The number of rotatable bonds is 21. The third-order valence-corrected chi connectivity index (χ3v) is 10.0. The number of amides is 1. The molecule has 0 radical (unpaired) electrons. The minimum Gasteiger partial charge on any atom is -0.497 e. The van der Waals surface area contributed by atoms with Crippen molar-refractivity contribution in [1.82, 2.24) is 5.32 Å². The largest absolute Gasteiger partial charge is 0.497 e. The van der Waals surface area contributed by atoms with Crippen LogP contribution in [0.2, 0.25) is 0 Å². The lowest BCUT2D eigenvalue weighted by Gasteiger charge is -2.37. The smallest absolute Gasteiger partial charge is 0.407 e. The number of carboxylic acids is 1. The normalized spacial score (nSPS) is 18.0. The molecule has 3 aromatic carbocycles. The summed E-state index contributed by atoms with van der Waals surface area (Å²) in [5, 5.41) is 12.0. The highest BCUT2D eigenvalue weighted by molar-refractivity contribution is 5.76. The zero-order valence-electron chi connectivity index (χ0n) is 31.1. The molecule has 0 spiro atoms. The van der Waals surface area contributed by atoms with E-state index in [1.165, 1.54) is 0 Å². The predicted molar refractivity (Wildman–Crippen MR) is 201 cm³/mol. The van der Waals surface area contributed by atoms with E-state index in [0.717, 1.165) is 36.8 Å². The number of fused-ring (bicyclic) bond motifs is 1. The SMILES string of the molecule is COc1ccc(C(OCC(CCOCCCNC(=O)OCC2C3CCC#CCCC32)OC(=O)CCC(=O)O)(c2ccccc2)c2ccccc2)c(OC)c1. The van der Waals surface area contributed by atoms with Crippen molar-refractivity contribution >= 4 is 18.0 Å². The maximum Gasteiger partial charge on any atom is 0.407 e. The van der Waals surface area contributed by atoms with Crippen molar-refractivity contribution in [2.75, 3.05) is 47.2 Å². The highest BCUT2D eigenvalue weighted by Gasteiger charge is 2.49. The van der Waals surface area contributed by atoms with Gasteiger partial charge in [0, 0.05) is 44.0 Å². The number of hydrogen-bond donors (Lipinski definition) is 2. The summed E-state index contributed by atoms with van der Waals surface area (Å²) in [5.74, 6) is 7.47. The Morgan fingerprint density at radius 3 is 2.15 bits per heavy atom. The van der Waals surface area contributed by atoms with Gasteiger partial charge in [-0.15, -0.1) is 11.8 Å². The molecule has 11 nitrogen and oxygen atoms in total. The Bertz CT molecular complexity index is 1660. The first-order chi connectivity index (χ1) is 26.3. The average Bonchev–Trinajstić information content (AvgIpc) is 3.84. The van der Waals surface area contributed by atoms with Gasteiger partial charge in [0.15, 0.2) is 0 Å². The molecule has 2 aliphatic carbocycles. The molecular formula is C43H51NO10. The van der Waals surface area contributed by atoms with Crippen molar-refractivity contribution in [2.45, 2.75) is 63.1 Å². The van der Waals surface area contributed by atoms with Gasteiger partial charge < -0.3 is 38.8 Å². The Kier molecular flexibility index (Phi) is 15.2. The van der Waals surface area contributed by atoms with Crippen molar-refractivity contribution < 1.29 is 47.9 Å². The molecular weight excluding hydrogens is 690 g/mol. The summed E-state index contributed by atoms with van der Waals surface area (Å²) in [4.78, 5) is 36.3. The number of hydrogen-bond acceptors (Lipinski definition) is 9. The van der Waals surface area contributed by atoms with E-state index in [2.05, 4.69) is 17.2 Å². The molecule has 1 amide bonds. The van der Waals surface area contributed by atoms with Gasteiger partial charge in [-0.2, -0.15) is 0 Å². The van der Waals surface area contributed by atoms with Crippen LogP contribution >= 0.6 is 0 Å². The first kappa shape index (κ1) is 40.1. The molecule has 3 unspecified atom stereocenters. The molecule has 1 fully saturated rings. The van der Waals surface area contributed by atoms with Crippen molar-refractivity contribution in [3.63, 3.8) is 0 Å². The molecule has 54 heavy (non-hydrogen) atoms. The maximum absolute atomic E-state index is 12.8. The van der Waals surface area contributed by atoms with Crippen molar-refractivity contribution in [1.29, 1.82) is 0 Å². The average molecular weight is 742 g/mol. The molecule has 288 valence electrons. The first-order valence-electron chi connectivity index (χ1n) is 18.7. The Hall–Kier alpha value is -5.05. The van der Waals surface area contributed by atoms with Crippen LogP contribution in [-0.4, -0.2) is 76.4 Å². The van der Waals surface area contributed by atoms with Crippen LogP contribution < -0.4 is 14.8 Å². The molecule has 3 atom stereocenters. The summed E-state index contributed by atoms with van der Waals surface area (Å²) in [5.41, 5.74) is 1.12. The molecule has 0 aliphatic heterocycles. The van der Waals surface area contributed by atoms with Crippen LogP contribution in [0.15, 0.2) is 78.9 Å². The van der Waals surface area contributed by atoms with Crippen molar-refractivity contribution in [3.05, 3.63) is 95.6 Å². The van der Waals surface area contributed by atoms with E-state index in [9.17, 15) is 14.4 Å². The Labute approximate surface area is 317 Å². The number of alkyl carbamates (subject to hydrolysis) is 1. The number of carboxylic acid groups (broad SMARTS) is 1. The standard InChI is InChI=1S/C43H51NO10/c1-49-33-20-21-38(39(28-33)50-2)43(31-14-7-5-8-15-31,32-16-9-6-10-17-32)53-29-34(54-41(47)23-22-40(45)46)24-27-51-26-13-25-44-42(48)52-30-37-35-18-11-3-4-12-19-36(35)37/h5-10,14-17,20-21,28,34-37H,11-13,18-19,22-27,29-30H2,1-2H3,(H,44,48)(H,45,46). The first-order valence-corrected chi connectivity index (χ1v) is 18.7. The van der Waals surface area contributed by atoms with E-state index in [1.807, 2.05) is 72.8 Å². The minimum atomic E-state index is -1.21. The third kappa shape index (κ3) is 11.0. The van der Waals surface area contributed by atoms with E-state index >= 15 is 0 Å². The highest BCUT2D eigenvalue weighted by Crippen LogP contribution is 2.52. The third-order valence-electron chi connectivity index (χ3n) is 10.0. The molecule has 2 aliphatic rings. The molecule has 0 heterocycles. The monoisotopic (exact) mass is 741 g/mol. The van der Waals surface area contributed by atoms with Crippen LogP contribution in [0.4, 0.5) is 4.79 Å². The Morgan fingerprint density at radius 1 is 0.870 bits per heavy atom. The second-order valence-electron chi connectivity index (χ2n) is 13.5. The lowest BCUT2D eigenvalue weighted by Crippen LogP contribution is -2.37. The fraction of sp³-hybridized carbons (Fsp3) is 0.465. The summed E-state index contributed by atoms with van der Waals surface area (Å²) >= 11 is 0. The molecule has 2 N–H and O–H groups in total. The Morgan fingerprint density at radius 2 is 1.54 bits per heavy atom. The van der Waals surface area contributed by atoms with Gasteiger partial charge in [0.2, 0.25) is 0 Å². The highest BCUT2D eigenvalue weighted by atomic mass is 16.6. The number of esters is 1. The summed E-state index contributed by atoms with van der Waals surface area (Å²) in [7, 11) is 3.17. The van der Waals surface area contributed by atoms with Gasteiger partial charge in [-0.3, -0.25) is 9.59 Å². The second-order valence-corrected chi connectivity index (χ2v) is 13.5. The summed E-state index contributed by atoms with van der Waals surface area (Å²) in [6.07, 6.45) is 3.01. The number of methoxy groups -OCH3 is 2. The number of carbonyl (C=O) groups is 3. The fourth-order valence-electron chi connectivity index (χ4n) is 7.19. The fourth-order valence-corrected chi connectivity index (χ4v) is 7.19. The molecule has 0 saturated heterocycles. The number of benzene rings is 3. The quantitative estimate of drug-likeness (QED) is 0.0522. The van der Waals surface area contributed by atoms with Gasteiger partial charge in [0.1, 0.15) is 23.2 Å². The van der Waals surface area contributed by atoms with Gasteiger partial charge >= 0.3 is 18.0 Å². The van der Waals surface area contributed by atoms with Gasteiger partial charge in [-0.25, -0.2) is 4.79 Å². The molecule has 0 bridgehead atoms. The zero-order chi connectivity index (χ0) is 38.2. The lowest BCUT2D eigenvalue weighted by atomic mass is 9.79. The number of aliphatic carboxylic acids is 1. The lowest BCUT2D eigenvalue weighted by molar-refractivity contribution is -0.158. The Balaban J connectivity index is 1.21. The number of nitrogens with one attached hydrogen (secondary N) is 1. The van der Waals surface area contributed by atoms with Crippen LogP contribution in [0, 0.1) is 29.6 Å². The zero-order valence-corrected chi connectivity index (χ0v) is 31.1. The van der Waals surface area contributed by atoms with Crippen LogP contribution in [0.3, 0.4) is 0 Å². The van der Waals surface area contributed by atoms with Crippen LogP contribution in [0.25, 0.3) is 0 Å². The van der Waals surface area contributed by atoms with E-state index < -0.39 is 29.7 Å². The van der Waals surface area contributed by atoms with Gasteiger partial charge in [0.25, 0.3) is 0 Å². The number of ether oxygens (including phenoxy) is 6. The van der Waals surface area contributed by atoms with Crippen LogP contribution in [0.5, 0.6) is 11.5 Å². The second kappa shape index (κ2) is 20.4. The van der Waals surface area contributed by atoms with E-state index in [0.29, 0.717) is 61.0 Å². The topological polar surface area (TPSA) is 139 Å². The van der Waals surface area contributed by atoms with E-state index in [-0.39, 0.29) is 32.5 Å². The van der Waals surface area contributed by atoms with Gasteiger partial charge in [-0.05, 0) is 60.3 Å². The molecule has 5 rings (SSSR count). The molecule has 0 aromatic heterocycles. The van der Waals surface area contributed by atoms with Crippen molar-refractivity contribution in [2.24, 2.45) is 17.8 Å². The predicted octanol–water partition coefficient (Wildman–Crippen LogP) is 6.75. The van der Waals surface area contributed by atoms with E-state index in [4.69, 9.17) is 33.5 Å². The molecule has 1 saturated carbocycles.